The van der Waals surface area contributed by atoms with Gasteiger partial charge in [0.1, 0.15) is 17.5 Å². The predicted molar refractivity (Wildman–Crippen MR) is 76.3 cm³/mol. The standard InChI is InChI=1S/C17H22O2/c1-2-3-6-13-9-11-14(12-10-13)17-15(18)7-4-5-8-16(17)19/h9-12,17H,2-8H2,1H3. The smallest absolute Gasteiger partial charge is 0.147 e. The molecule has 2 heteroatoms. The lowest BCUT2D eigenvalue weighted by Crippen LogP contribution is -2.19. The van der Waals surface area contributed by atoms with Crippen LogP contribution in [0, 0.1) is 0 Å². The summed E-state index contributed by atoms with van der Waals surface area (Å²) in [5.74, 6) is -0.296. The third-order valence-electron chi connectivity index (χ3n) is 3.87. The molecule has 0 heterocycles. The van der Waals surface area contributed by atoms with Gasteiger partial charge in [-0.3, -0.25) is 9.59 Å². The van der Waals surface area contributed by atoms with Crippen molar-refractivity contribution in [1.29, 1.82) is 0 Å². The van der Waals surface area contributed by atoms with Gasteiger partial charge in [0.15, 0.2) is 0 Å². The monoisotopic (exact) mass is 258 g/mol. The highest BCUT2D eigenvalue weighted by Gasteiger charge is 2.29. The Morgan fingerprint density at radius 2 is 1.58 bits per heavy atom. The van der Waals surface area contributed by atoms with E-state index in [0.29, 0.717) is 12.8 Å². The summed E-state index contributed by atoms with van der Waals surface area (Å²) in [4.78, 5) is 24.1. The van der Waals surface area contributed by atoms with Gasteiger partial charge in [-0.15, -0.1) is 0 Å². The average Bonchev–Trinajstić information content (AvgIpc) is 2.58. The molecule has 0 N–H and O–H groups in total. The Bertz CT molecular complexity index is 427. The molecule has 0 radical (unpaired) electrons. The predicted octanol–water partition coefficient (Wildman–Crippen LogP) is 3.83. The third-order valence-corrected chi connectivity index (χ3v) is 3.87. The largest absolute Gasteiger partial charge is 0.299 e. The highest BCUT2D eigenvalue weighted by Crippen LogP contribution is 2.26. The molecule has 0 amide bonds. The zero-order valence-corrected chi connectivity index (χ0v) is 11.7. The number of hydrogen-bond donors (Lipinski definition) is 0. The van der Waals surface area contributed by atoms with Crippen LogP contribution in [0.2, 0.25) is 0 Å². The number of ketones is 2. The molecule has 0 saturated heterocycles. The van der Waals surface area contributed by atoms with Crippen LogP contribution >= 0.6 is 0 Å². The lowest BCUT2D eigenvalue weighted by molar-refractivity contribution is -0.128. The molecule has 19 heavy (non-hydrogen) atoms. The van der Waals surface area contributed by atoms with Crippen LogP contribution in [-0.2, 0) is 16.0 Å². The topological polar surface area (TPSA) is 34.1 Å². The van der Waals surface area contributed by atoms with Gasteiger partial charge in [-0.1, -0.05) is 37.6 Å². The molecule has 2 rings (SSSR count). The van der Waals surface area contributed by atoms with Gasteiger partial charge in [-0.05, 0) is 36.8 Å². The first kappa shape index (κ1) is 14.0. The first-order valence-electron chi connectivity index (χ1n) is 7.36. The summed E-state index contributed by atoms with van der Waals surface area (Å²) in [6.07, 6.45) is 6.25. The minimum Gasteiger partial charge on any atom is -0.299 e. The summed E-state index contributed by atoms with van der Waals surface area (Å²) >= 11 is 0. The molecule has 1 aliphatic carbocycles. The fourth-order valence-corrected chi connectivity index (χ4v) is 2.70. The molecule has 1 saturated carbocycles. The lowest BCUT2D eigenvalue weighted by atomic mass is 9.89. The van der Waals surface area contributed by atoms with E-state index in [1.54, 1.807) is 0 Å². The quantitative estimate of drug-likeness (QED) is 0.607. The summed E-state index contributed by atoms with van der Waals surface area (Å²) in [5.41, 5.74) is 2.18. The normalized spacial score (nSPS) is 17.5. The molecule has 0 unspecified atom stereocenters. The molecule has 2 nitrogen and oxygen atoms in total. The molecule has 0 aromatic heterocycles. The fraction of sp³-hybridized carbons (Fsp3) is 0.529. The van der Waals surface area contributed by atoms with Crippen LogP contribution in [0.4, 0.5) is 0 Å². The fourth-order valence-electron chi connectivity index (χ4n) is 2.70. The third kappa shape index (κ3) is 3.52. The minimum atomic E-state index is -0.497. The van der Waals surface area contributed by atoms with Crippen LogP contribution in [0.5, 0.6) is 0 Å². The van der Waals surface area contributed by atoms with Gasteiger partial charge in [-0.25, -0.2) is 0 Å². The summed E-state index contributed by atoms with van der Waals surface area (Å²) in [6, 6.07) is 8.07. The highest BCUT2D eigenvalue weighted by molar-refractivity contribution is 6.08. The molecule has 0 aliphatic heterocycles. The maximum absolute atomic E-state index is 12.1. The van der Waals surface area contributed by atoms with Gasteiger partial charge >= 0.3 is 0 Å². The molecule has 0 bridgehead atoms. The molecular formula is C17H22O2. The Kier molecular flexibility index (Phi) is 4.89. The summed E-state index contributed by atoms with van der Waals surface area (Å²) in [6.45, 7) is 2.18. The number of rotatable bonds is 4. The molecule has 1 aromatic carbocycles. The zero-order valence-electron chi connectivity index (χ0n) is 11.7. The van der Waals surface area contributed by atoms with E-state index < -0.39 is 5.92 Å². The van der Waals surface area contributed by atoms with Crippen LogP contribution in [-0.4, -0.2) is 11.6 Å². The van der Waals surface area contributed by atoms with Crippen LogP contribution in [0.3, 0.4) is 0 Å². The average molecular weight is 258 g/mol. The van der Waals surface area contributed by atoms with Crippen molar-refractivity contribution in [3.05, 3.63) is 35.4 Å². The molecule has 102 valence electrons. The van der Waals surface area contributed by atoms with Crippen molar-refractivity contribution in [3.63, 3.8) is 0 Å². The van der Waals surface area contributed by atoms with Gasteiger partial charge in [-0.2, -0.15) is 0 Å². The van der Waals surface area contributed by atoms with Crippen molar-refractivity contribution in [2.75, 3.05) is 0 Å². The van der Waals surface area contributed by atoms with E-state index in [4.69, 9.17) is 0 Å². The second-order valence-corrected chi connectivity index (χ2v) is 5.42. The Hall–Kier alpha value is -1.44. The van der Waals surface area contributed by atoms with Gasteiger partial charge < -0.3 is 0 Å². The Morgan fingerprint density at radius 1 is 1.00 bits per heavy atom. The zero-order chi connectivity index (χ0) is 13.7. The number of Topliss-reactive ketones (excluding diaryl/α,β-unsaturated/α-hetero) is 2. The van der Waals surface area contributed by atoms with Crippen molar-refractivity contribution < 1.29 is 9.59 Å². The van der Waals surface area contributed by atoms with E-state index in [9.17, 15) is 9.59 Å². The van der Waals surface area contributed by atoms with E-state index in [1.165, 1.54) is 18.4 Å². The van der Waals surface area contributed by atoms with Gasteiger partial charge in [0.05, 0.1) is 0 Å². The van der Waals surface area contributed by atoms with Crippen LogP contribution in [0.15, 0.2) is 24.3 Å². The molecule has 0 spiro atoms. The molecule has 1 aliphatic rings. The van der Waals surface area contributed by atoms with Crippen molar-refractivity contribution in [2.45, 2.75) is 57.8 Å². The van der Waals surface area contributed by atoms with Gasteiger partial charge in [0, 0.05) is 12.8 Å². The van der Waals surface area contributed by atoms with E-state index >= 15 is 0 Å². The number of unbranched alkanes of at least 4 members (excludes halogenated alkanes) is 1. The number of carbonyl (C=O) groups is 2. The lowest BCUT2D eigenvalue weighted by Gasteiger charge is -2.13. The Balaban J connectivity index is 2.15. The van der Waals surface area contributed by atoms with E-state index in [0.717, 1.165) is 24.8 Å². The Labute approximate surface area is 115 Å². The van der Waals surface area contributed by atoms with Crippen LogP contribution in [0.1, 0.15) is 62.5 Å². The molecular weight excluding hydrogens is 236 g/mol. The van der Waals surface area contributed by atoms with E-state index in [-0.39, 0.29) is 11.6 Å². The highest BCUT2D eigenvalue weighted by atomic mass is 16.1. The summed E-state index contributed by atoms with van der Waals surface area (Å²) in [5, 5.41) is 0. The summed E-state index contributed by atoms with van der Waals surface area (Å²) in [7, 11) is 0. The second-order valence-electron chi connectivity index (χ2n) is 5.42. The van der Waals surface area contributed by atoms with Crippen LogP contribution < -0.4 is 0 Å². The van der Waals surface area contributed by atoms with Crippen molar-refractivity contribution in [3.8, 4) is 0 Å². The second kappa shape index (κ2) is 6.65. The number of benzene rings is 1. The van der Waals surface area contributed by atoms with Gasteiger partial charge in [0.25, 0.3) is 0 Å². The van der Waals surface area contributed by atoms with Crippen molar-refractivity contribution >= 4 is 11.6 Å². The Morgan fingerprint density at radius 3 is 2.11 bits per heavy atom. The molecule has 0 atom stereocenters. The minimum absolute atomic E-state index is 0.101. The van der Waals surface area contributed by atoms with Crippen molar-refractivity contribution in [1.82, 2.24) is 0 Å². The number of hydrogen-bond acceptors (Lipinski definition) is 2. The first-order chi connectivity index (χ1) is 9.22. The number of carbonyl (C=O) groups excluding carboxylic acids is 2. The maximum atomic E-state index is 12.1. The number of aryl methyl sites for hydroxylation is 1. The molecule has 1 fully saturated rings. The van der Waals surface area contributed by atoms with Gasteiger partial charge in [0.2, 0.25) is 0 Å². The van der Waals surface area contributed by atoms with Crippen LogP contribution in [0.25, 0.3) is 0 Å². The van der Waals surface area contributed by atoms with E-state index in [2.05, 4.69) is 19.1 Å². The van der Waals surface area contributed by atoms with E-state index in [1.807, 2.05) is 12.1 Å². The SMILES string of the molecule is CCCCc1ccc(C2C(=O)CCCCC2=O)cc1. The van der Waals surface area contributed by atoms with Crippen molar-refractivity contribution in [2.24, 2.45) is 0 Å². The maximum Gasteiger partial charge on any atom is 0.147 e. The summed E-state index contributed by atoms with van der Waals surface area (Å²) < 4.78 is 0. The first-order valence-corrected chi connectivity index (χ1v) is 7.36. The molecule has 1 aromatic rings.